The highest BCUT2D eigenvalue weighted by Crippen LogP contribution is 2.37. The summed E-state index contributed by atoms with van der Waals surface area (Å²) in [7, 11) is 0. The third-order valence-corrected chi connectivity index (χ3v) is 3.27. The molecule has 0 unspecified atom stereocenters. The summed E-state index contributed by atoms with van der Waals surface area (Å²) in [6.07, 6.45) is 3.94. The van der Waals surface area contributed by atoms with Crippen LogP contribution in [-0.2, 0) is 12.8 Å². The van der Waals surface area contributed by atoms with Crippen LogP contribution in [0.15, 0.2) is 6.20 Å². The summed E-state index contributed by atoms with van der Waals surface area (Å²) in [5.41, 5.74) is 8.11. The first-order chi connectivity index (χ1) is 7.41. The minimum atomic E-state index is -0.913. The van der Waals surface area contributed by atoms with Crippen molar-refractivity contribution < 1.29 is 9.90 Å². The molecule has 0 bridgehead atoms. The molecule has 0 aromatic carbocycles. The summed E-state index contributed by atoms with van der Waals surface area (Å²) >= 11 is 0. The largest absolute Gasteiger partial charge is 0.478 e. The molecule has 3 N–H and O–H groups in total. The molecule has 0 aliphatic heterocycles. The van der Waals surface area contributed by atoms with Crippen LogP contribution in [0.2, 0.25) is 0 Å². The van der Waals surface area contributed by atoms with Gasteiger partial charge in [0.2, 0.25) is 0 Å². The summed E-state index contributed by atoms with van der Waals surface area (Å²) in [6.45, 7) is 4.34. The van der Waals surface area contributed by atoms with Crippen molar-refractivity contribution in [1.29, 1.82) is 0 Å². The number of carboxylic acid groups (broad SMARTS) is 1. The lowest BCUT2D eigenvalue weighted by Crippen LogP contribution is -2.25. The average molecular weight is 220 g/mol. The number of rotatable bonds is 1. The zero-order valence-corrected chi connectivity index (χ0v) is 9.58. The topological polar surface area (TPSA) is 76.2 Å². The predicted molar refractivity (Wildman–Crippen MR) is 61.4 cm³/mol. The molecule has 4 heteroatoms. The van der Waals surface area contributed by atoms with E-state index in [0.717, 1.165) is 30.4 Å². The summed E-state index contributed by atoms with van der Waals surface area (Å²) in [4.78, 5) is 15.0. The van der Waals surface area contributed by atoms with E-state index in [1.54, 1.807) is 0 Å². The van der Waals surface area contributed by atoms with Crippen LogP contribution in [0.3, 0.4) is 0 Å². The van der Waals surface area contributed by atoms with Gasteiger partial charge in [0, 0.05) is 6.20 Å². The van der Waals surface area contributed by atoms with Crippen LogP contribution in [0, 0.1) is 5.41 Å². The van der Waals surface area contributed by atoms with E-state index in [2.05, 4.69) is 18.8 Å². The van der Waals surface area contributed by atoms with Gasteiger partial charge in [0.25, 0.3) is 0 Å². The number of nitrogen functional groups attached to an aromatic ring is 1. The number of nitrogens with two attached hydrogens (primary N) is 1. The van der Waals surface area contributed by atoms with Gasteiger partial charge in [-0.1, -0.05) is 13.8 Å². The molecule has 4 nitrogen and oxygen atoms in total. The van der Waals surface area contributed by atoms with Gasteiger partial charge in [-0.2, -0.15) is 0 Å². The predicted octanol–water partition coefficient (Wildman–Crippen LogP) is 1.88. The Hall–Kier alpha value is -1.58. The summed E-state index contributed by atoms with van der Waals surface area (Å²) in [5.74, 6) is -0.434. The van der Waals surface area contributed by atoms with Crippen LogP contribution in [0.25, 0.3) is 0 Å². The molecule has 0 amide bonds. The van der Waals surface area contributed by atoms with Crippen molar-refractivity contribution in [3.05, 3.63) is 22.9 Å². The van der Waals surface area contributed by atoms with Gasteiger partial charge >= 0.3 is 5.97 Å². The fourth-order valence-electron chi connectivity index (χ4n) is 2.30. The fraction of sp³-hybridized carbons (Fsp3) is 0.500. The van der Waals surface area contributed by atoms with Gasteiger partial charge in [-0.15, -0.1) is 0 Å². The fourth-order valence-corrected chi connectivity index (χ4v) is 2.30. The molecule has 86 valence electrons. The molecule has 1 aliphatic carbocycles. The van der Waals surface area contributed by atoms with E-state index >= 15 is 0 Å². The van der Waals surface area contributed by atoms with Crippen molar-refractivity contribution in [2.24, 2.45) is 5.41 Å². The highest BCUT2D eigenvalue weighted by molar-refractivity contribution is 5.90. The summed E-state index contributed by atoms with van der Waals surface area (Å²) < 4.78 is 0. The standard InChI is InChI=1S/C12H16N2O2/c1-12(2)4-3-7-8(5-12)10(13)14-6-9(7)11(15)16/h6H,3-5H2,1-2H3,(H2,13,14)(H,15,16). The molecule has 1 aliphatic rings. The third-order valence-electron chi connectivity index (χ3n) is 3.27. The number of aromatic carboxylic acids is 1. The molecule has 0 atom stereocenters. The number of nitrogens with zero attached hydrogens (tertiary/aromatic N) is 1. The van der Waals surface area contributed by atoms with Gasteiger partial charge in [0.1, 0.15) is 5.82 Å². The highest BCUT2D eigenvalue weighted by atomic mass is 16.4. The number of aromatic nitrogens is 1. The first-order valence-electron chi connectivity index (χ1n) is 5.40. The number of carbonyl (C=O) groups is 1. The quantitative estimate of drug-likeness (QED) is 0.757. The van der Waals surface area contributed by atoms with Gasteiger partial charge in [-0.05, 0) is 35.8 Å². The number of fused-ring (bicyclic) bond motifs is 1. The monoisotopic (exact) mass is 220 g/mol. The minimum absolute atomic E-state index is 0.180. The van der Waals surface area contributed by atoms with Crippen molar-refractivity contribution in [2.75, 3.05) is 5.73 Å². The molecule has 0 spiro atoms. The molecule has 1 heterocycles. The molecule has 0 radical (unpaired) electrons. The van der Waals surface area contributed by atoms with E-state index in [-0.39, 0.29) is 5.41 Å². The van der Waals surface area contributed by atoms with Crippen LogP contribution >= 0.6 is 0 Å². The van der Waals surface area contributed by atoms with Gasteiger partial charge in [0.05, 0.1) is 5.56 Å². The molecular formula is C12H16N2O2. The molecule has 0 saturated carbocycles. The van der Waals surface area contributed by atoms with Crippen molar-refractivity contribution in [3.8, 4) is 0 Å². The lowest BCUT2D eigenvalue weighted by Gasteiger charge is -2.32. The normalized spacial score (nSPS) is 17.9. The lowest BCUT2D eigenvalue weighted by atomic mass is 9.73. The van der Waals surface area contributed by atoms with Gasteiger partial charge in [0.15, 0.2) is 0 Å². The smallest absolute Gasteiger partial charge is 0.337 e. The Morgan fingerprint density at radius 3 is 2.81 bits per heavy atom. The van der Waals surface area contributed by atoms with Crippen LogP contribution < -0.4 is 5.73 Å². The second-order valence-corrected chi connectivity index (χ2v) is 5.16. The van der Waals surface area contributed by atoms with E-state index in [9.17, 15) is 4.79 Å². The van der Waals surface area contributed by atoms with E-state index in [0.29, 0.717) is 11.4 Å². The number of pyridine rings is 1. The Kier molecular flexibility index (Phi) is 2.37. The third kappa shape index (κ3) is 1.75. The maximum Gasteiger partial charge on any atom is 0.337 e. The lowest BCUT2D eigenvalue weighted by molar-refractivity contribution is 0.0694. The minimum Gasteiger partial charge on any atom is -0.478 e. The van der Waals surface area contributed by atoms with Crippen molar-refractivity contribution in [2.45, 2.75) is 33.1 Å². The zero-order valence-electron chi connectivity index (χ0n) is 9.58. The van der Waals surface area contributed by atoms with Crippen molar-refractivity contribution >= 4 is 11.8 Å². The second-order valence-electron chi connectivity index (χ2n) is 5.16. The number of carboxylic acids is 1. The maximum absolute atomic E-state index is 11.1. The molecule has 1 aromatic rings. The molecule has 0 saturated heterocycles. The van der Waals surface area contributed by atoms with Crippen LogP contribution in [0.1, 0.15) is 41.8 Å². The van der Waals surface area contributed by atoms with Crippen molar-refractivity contribution in [1.82, 2.24) is 4.98 Å². The van der Waals surface area contributed by atoms with E-state index in [4.69, 9.17) is 10.8 Å². The van der Waals surface area contributed by atoms with Gasteiger partial charge in [-0.25, -0.2) is 9.78 Å². The maximum atomic E-state index is 11.1. The van der Waals surface area contributed by atoms with Gasteiger partial charge in [-0.3, -0.25) is 0 Å². The zero-order chi connectivity index (χ0) is 11.9. The number of anilines is 1. The SMILES string of the molecule is CC1(C)CCc2c(C(=O)O)cnc(N)c2C1. The van der Waals surface area contributed by atoms with Crippen LogP contribution in [0.5, 0.6) is 0 Å². The summed E-state index contributed by atoms with van der Waals surface area (Å²) in [6, 6.07) is 0. The Morgan fingerprint density at radius 2 is 2.19 bits per heavy atom. The van der Waals surface area contributed by atoms with Crippen LogP contribution in [-0.4, -0.2) is 16.1 Å². The molecule has 16 heavy (non-hydrogen) atoms. The Bertz CT molecular complexity index is 453. The molecular weight excluding hydrogens is 204 g/mol. The first kappa shape index (κ1) is 10.9. The molecule has 1 aromatic heterocycles. The van der Waals surface area contributed by atoms with E-state index < -0.39 is 5.97 Å². The molecule has 0 fully saturated rings. The van der Waals surface area contributed by atoms with Crippen LogP contribution in [0.4, 0.5) is 5.82 Å². The van der Waals surface area contributed by atoms with E-state index in [1.165, 1.54) is 6.20 Å². The number of hydrogen-bond donors (Lipinski definition) is 2. The van der Waals surface area contributed by atoms with Gasteiger partial charge < -0.3 is 10.8 Å². The number of hydrogen-bond acceptors (Lipinski definition) is 3. The first-order valence-corrected chi connectivity index (χ1v) is 5.40. The molecule has 2 rings (SSSR count). The Labute approximate surface area is 94.5 Å². The highest BCUT2D eigenvalue weighted by Gasteiger charge is 2.29. The van der Waals surface area contributed by atoms with Crippen molar-refractivity contribution in [3.63, 3.8) is 0 Å². The Morgan fingerprint density at radius 1 is 1.50 bits per heavy atom. The summed E-state index contributed by atoms with van der Waals surface area (Å²) in [5, 5.41) is 9.08. The average Bonchev–Trinajstić information content (AvgIpc) is 2.18. The Balaban J connectivity index is 2.56. The van der Waals surface area contributed by atoms with E-state index in [1.807, 2.05) is 0 Å². The second kappa shape index (κ2) is 3.47.